The van der Waals surface area contributed by atoms with Crippen LogP contribution in [0.5, 0.6) is 0 Å². The van der Waals surface area contributed by atoms with E-state index in [1.165, 1.54) is 0 Å². The Morgan fingerprint density at radius 1 is 1.00 bits per heavy atom. The van der Waals surface area contributed by atoms with E-state index in [2.05, 4.69) is 10.6 Å². The number of rotatable bonds is 5. The van der Waals surface area contributed by atoms with E-state index in [1.807, 2.05) is 41.5 Å². The van der Waals surface area contributed by atoms with Gasteiger partial charge in [0.1, 0.15) is 11.6 Å². The normalized spacial score (nSPS) is 28.2. The molecule has 0 spiro atoms. The molecular weight excluding hydrogens is 436 g/mol. The van der Waals surface area contributed by atoms with Crippen LogP contribution in [0.4, 0.5) is 4.79 Å². The Morgan fingerprint density at radius 3 is 2.38 bits per heavy atom. The van der Waals surface area contributed by atoms with Crippen LogP contribution in [0.3, 0.4) is 0 Å². The van der Waals surface area contributed by atoms with Crippen molar-refractivity contribution in [3.05, 3.63) is 0 Å². The molecule has 3 saturated heterocycles. The molecule has 9 heteroatoms. The zero-order valence-electron chi connectivity index (χ0n) is 21.8. The second-order valence-electron chi connectivity index (χ2n) is 11.9. The van der Waals surface area contributed by atoms with Crippen LogP contribution >= 0.6 is 0 Å². The molecule has 3 fully saturated rings. The first kappa shape index (κ1) is 26.7. The third-order valence-electron chi connectivity index (χ3n) is 6.48. The Kier molecular flexibility index (Phi) is 8.50. The van der Waals surface area contributed by atoms with Crippen LogP contribution in [-0.4, -0.2) is 89.8 Å². The van der Waals surface area contributed by atoms with Crippen molar-refractivity contribution in [3.8, 4) is 0 Å². The number of amides is 3. The number of piperidine rings is 1. The first-order chi connectivity index (χ1) is 15.8. The molecule has 0 saturated carbocycles. The van der Waals surface area contributed by atoms with Gasteiger partial charge in [0, 0.05) is 32.7 Å². The van der Waals surface area contributed by atoms with Crippen molar-refractivity contribution >= 4 is 17.9 Å². The summed E-state index contributed by atoms with van der Waals surface area (Å²) in [4.78, 5) is 42.1. The summed E-state index contributed by atoms with van der Waals surface area (Å²) in [5.74, 6) is 0.0785. The lowest BCUT2D eigenvalue weighted by molar-refractivity contribution is -0.140. The Labute approximate surface area is 204 Å². The van der Waals surface area contributed by atoms with E-state index in [-0.39, 0.29) is 41.6 Å². The fourth-order valence-electron chi connectivity index (χ4n) is 5.07. The van der Waals surface area contributed by atoms with Gasteiger partial charge in [0.2, 0.25) is 11.8 Å². The van der Waals surface area contributed by atoms with E-state index >= 15 is 0 Å². The van der Waals surface area contributed by atoms with Crippen molar-refractivity contribution in [1.29, 1.82) is 0 Å². The van der Waals surface area contributed by atoms with E-state index in [9.17, 15) is 14.4 Å². The van der Waals surface area contributed by atoms with Gasteiger partial charge in [-0.15, -0.1) is 0 Å². The lowest BCUT2D eigenvalue weighted by Gasteiger charge is -2.34. The van der Waals surface area contributed by atoms with E-state index in [0.717, 1.165) is 19.3 Å². The number of ether oxygens (including phenoxy) is 2. The predicted molar refractivity (Wildman–Crippen MR) is 129 cm³/mol. The van der Waals surface area contributed by atoms with Crippen molar-refractivity contribution in [3.63, 3.8) is 0 Å². The SMILES string of the molecule is CC(C)(C)OC(=O)N1CCC[C@@H](CNC(=O)[C@H]2CCCN2C(=O)[C@@H]2C[C@@H](OC(C)(C)C)CN2)C1. The highest BCUT2D eigenvalue weighted by molar-refractivity contribution is 5.90. The Hall–Kier alpha value is -1.87. The molecule has 34 heavy (non-hydrogen) atoms. The molecule has 3 aliphatic rings. The van der Waals surface area contributed by atoms with Crippen molar-refractivity contribution < 1.29 is 23.9 Å². The molecule has 0 radical (unpaired) electrons. The van der Waals surface area contributed by atoms with Crippen molar-refractivity contribution in [1.82, 2.24) is 20.4 Å². The topological polar surface area (TPSA) is 100 Å². The maximum atomic E-state index is 13.2. The maximum Gasteiger partial charge on any atom is 0.410 e. The molecule has 194 valence electrons. The molecule has 2 N–H and O–H groups in total. The summed E-state index contributed by atoms with van der Waals surface area (Å²) in [7, 11) is 0. The van der Waals surface area contributed by atoms with Crippen molar-refractivity contribution in [2.45, 2.75) is 103 Å². The number of likely N-dealkylation sites (tertiary alicyclic amines) is 2. The smallest absolute Gasteiger partial charge is 0.410 e. The summed E-state index contributed by atoms with van der Waals surface area (Å²) in [6.07, 6.45) is 3.68. The van der Waals surface area contributed by atoms with E-state index in [0.29, 0.717) is 45.6 Å². The summed E-state index contributed by atoms with van der Waals surface area (Å²) in [5.41, 5.74) is -0.775. The quantitative estimate of drug-likeness (QED) is 0.626. The van der Waals surface area contributed by atoms with E-state index in [4.69, 9.17) is 9.47 Å². The van der Waals surface area contributed by atoms with Gasteiger partial charge in [-0.05, 0) is 79.6 Å². The highest BCUT2D eigenvalue weighted by Crippen LogP contribution is 2.24. The monoisotopic (exact) mass is 480 g/mol. The van der Waals surface area contributed by atoms with Crippen molar-refractivity contribution in [2.75, 3.05) is 32.7 Å². The molecule has 9 nitrogen and oxygen atoms in total. The second kappa shape index (κ2) is 10.8. The number of hydrogen-bond acceptors (Lipinski definition) is 6. The molecule has 4 atom stereocenters. The summed E-state index contributed by atoms with van der Waals surface area (Å²) >= 11 is 0. The summed E-state index contributed by atoms with van der Waals surface area (Å²) in [5, 5.41) is 6.34. The molecule has 3 heterocycles. The van der Waals surface area contributed by atoms with Gasteiger partial charge in [0.15, 0.2) is 0 Å². The fraction of sp³-hybridized carbons (Fsp3) is 0.880. The molecule has 0 aromatic heterocycles. The van der Waals surface area contributed by atoms with Crippen LogP contribution in [0, 0.1) is 5.92 Å². The molecule has 3 aliphatic heterocycles. The minimum Gasteiger partial charge on any atom is -0.444 e. The Balaban J connectivity index is 1.48. The molecule has 3 amide bonds. The molecule has 0 aliphatic carbocycles. The minimum atomic E-state index is -0.524. The van der Waals surface area contributed by atoms with Crippen LogP contribution < -0.4 is 10.6 Å². The average Bonchev–Trinajstić information content (AvgIpc) is 3.39. The zero-order valence-corrected chi connectivity index (χ0v) is 21.8. The number of nitrogens with zero attached hydrogens (tertiary/aromatic N) is 2. The molecule has 0 bridgehead atoms. The van der Waals surface area contributed by atoms with Crippen LogP contribution in [-0.2, 0) is 19.1 Å². The van der Waals surface area contributed by atoms with Gasteiger partial charge in [-0.3, -0.25) is 9.59 Å². The highest BCUT2D eigenvalue weighted by atomic mass is 16.6. The van der Waals surface area contributed by atoms with Gasteiger partial charge in [-0.1, -0.05) is 0 Å². The third-order valence-corrected chi connectivity index (χ3v) is 6.48. The van der Waals surface area contributed by atoms with Crippen LogP contribution in [0.25, 0.3) is 0 Å². The first-order valence-corrected chi connectivity index (χ1v) is 12.8. The predicted octanol–water partition coefficient (Wildman–Crippen LogP) is 2.29. The lowest BCUT2D eigenvalue weighted by Crippen LogP contribution is -2.52. The zero-order chi connectivity index (χ0) is 25.1. The molecule has 0 unspecified atom stereocenters. The Bertz CT molecular complexity index is 745. The fourth-order valence-corrected chi connectivity index (χ4v) is 5.07. The number of nitrogens with one attached hydrogen (secondary N) is 2. The summed E-state index contributed by atoms with van der Waals surface area (Å²) in [6.45, 7) is 14.6. The molecule has 0 aromatic carbocycles. The largest absolute Gasteiger partial charge is 0.444 e. The van der Waals surface area contributed by atoms with Crippen LogP contribution in [0.2, 0.25) is 0 Å². The summed E-state index contributed by atoms with van der Waals surface area (Å²) < 4.78 is 11.5. The number of carbonyl (C=O) groups excluding carboxylic acids is 3. The lowest BCUT2D eigenvalue weighted by atomic mass is 9.98. The average molecular weight is 481 g/mol. The van der Waals surface area contributed by atoms with Gasteiger partial charge >= 0.3 is 6.09 Å². The van der Waals surface area contributed by atoms with Crippen LogP contribution in [0.15, 0.2) is 0 Å². The van der Waals surface area contributed by atoms with Crippen LogP contribution in [0.1, 0.15) is 73.6 Å². The molecule has 0 aromatic rings. The standard InChI is InChI=1S/C25H44N4O5/c1-24(2,3)33-18-13-19(26-15-18)22(31)29-12-8-10-20(29)21(30)27-14-17-9-7-11-28(16-17)23(32)34-25(4,5)6/h17-20,26H,7-16H2,1-6H3,(H,27,30)/t17-,18+,19-,20+/m0/s1. The van der Waals surface area contributed by atoms with Gasteiger partial charge in [-0.25, -0.2) is 4.79 Å². The molecular formula is C25H44N4O5. The molecule has 3 rings (SSSR count). The third kappa shape index (κ3) is 7.57. The Morgan fingerprint density at radius 2 is 1.71 bits per heavy atom. The summed E-state index contributed by atoms with van der Waals surface area (Å²) in [6, 6.07) is -0.732. The first-order valence-electron chi connectivity index (χ1n) is 12.8. The second-order valence-corrected chi connectivity index (χ2v) is 11.9. The van der Waals surface area contributed by atoms with Gasteiger partial charge in [-0.2, -0.15) is 0 Å². The highest BCUT2D eigenvalue weighted by Gasteiger charge is 2.40. The maximum absolute atomic E-state index is 13.2. The van der Waals surface area contributed by atoms with E-state index < -0.39 is 11.6 Å². The number of carbonyl (C=O) groups is 3. The number of hydrogen-bond donors (Lipinski definition) is 2. The minimum absolute atomic E-state index is 0.00282. The van der Waals surface area contributed by atoms with Gasteiger partial charge in [0.25, 0.3) is 0 Å². The van der Waals surface area contributed by atoms with Gasteiger partial charge < -0.3 is 29.9 Å². The van der Waals surface area contributed by atoms with Crippen molar-refractivity contribution in [2.24, 2.45) is 5.92 Å². The van der Waals surface area contributed by atoms with Gasteiger partial charge in [0.05, 0.1) is 17.7 Å². The van der Waals surface area contributed by atoms with E-state index in [1.54, 1.807) is 9.80 Å².